The lowest BCUT2D eigenvalue weighted by molar-refractivity contribution is 0.252. The standard InChI is InChI=1S/C13H16N4O2/c1-9-7-14-5-3-11(9)4-6-15-13(18)16-12-8-19-17-10(12)2/h3,5,7-8H,4,6H2,1-2H3,(H2,15,16,18). The third-order valence-corrected chi connectivity index (χ3v) is 2.81. The molecule has 0 atom stereocenters. The minimum absolute atomic E-state index is 0.266. The number of nitrogens with one attached hydrogen (secondary N) is 2. The van der Waals surface area contributed by atoms with Crippen molar-refractivity contribution in [3.63, 3.8) is 0 Å². The van der Waals surface area contributed by atoms with Gasteiger partial charge in [0.25, 0.3) is 0 Å². The lowest BCUT2D eigenvalue weighted by Crippen LogP contribution is -2.30. The highest BCUT2D eigenvalue weighted by Crippen LogP contribution is 2.11. The molecule has 2 N–H and O–H groups in total. The lowest BCUT2D eigenvalue weighted by Gasteiger charge is -2.07. The second kappa shape index (κ2) is 5.99. The summed E-state index contributed by atoms with van der Waals surface area (Å²) < 4.78 is 4.74. The summed E-state index contributed by atoms with van der Waals surface area (Å²) in [5.74, 6) is 0. The lowest BCUT2D eigenvalue weighted by atomic mass is 10.1. The van der Waals surface area contributed by atoms with Crippen molar-refractivity contribution in [2.24, 2.45) is 0 Å². The third-order valence-electron chi connectivity index (χ3n) is 2.81. The molecule has 2 heterocycles. The van der Waals surface area contributed by atoms with E-state index in [2.05, 4.69) is 20.8 Å². The normalized spacial score (nSPS) is 10.2. The molecule has 0 aliphatic heterocycles. The molecule has 6 nitrogen and oxygen atoms in total. The van der Waals surface area contributed by atoms with Crippen LogP contribution in [0.5, 0.6) is 0 Å². The number of hydrogen-bond acceptors (Lipinski definition) is 4. The van der Waals surface area contributed by atoms with Crippen LogP contribution in [0.4, 0.5) is 10.5 Å². The van der Waals surface area contributed by atoms with Gasteiger partial charge in [-0.2, -0.15) is 0 Å². The Bertz CT molecular complexity index is 565. The van der Waals surface area contributed by atoms with E-state index in [-0.39, 0.29) is 6.03 Å². The minimum Gasteiger partial charge on any atom is -0.362 e. The number of hydrogen-bond donors (Lipinski definition) is 2. The Hall–Kier alpha value is -2.37. The maximum absolute atomic E-state index is 11.6. The summed E-state index contributed by atoms with van der Waals surface area (Å²) in [6.07, 6.45) is 5.74. The average Bonchev–Trinajstić information content (AvgIpc) is 2.77. The molecule has 100 valence electrons. The maximum Gasteiger partial charge on any atom is 0.319 e. The van der Waals surface area contributed by atoms with Crippen molar-refractivity contribution < 1.29 is 9.32 Å². The number of carbonyl (C=O) groups excluding carboxylic acids is 1. The number of aromatic nitrogens is 2. The fourth-order valence-corrected chi connectivity index (χ4v) is 1.67. The van der Waals surface area contributed by atoms with Crippen molar-refractivity contribution in [1.29, 1.82) is 0 Å². The molecule has 0 fully saturated rings. The summed E-state index contributed by atoms with van der Waals surface area (Å²) in [5.41, 5.74) is 3.54. The van der Waals surface area contributed by atoms with E-state index >= 15 is 0 Å². The van der Waals surface area contributed by atoms with E-state index in [1.165, 1.54) is 11.8 Å². The summed E-state index contributed by atoms with van der Waals surface area (Å²) in [5, 5.41) is 9.14. The van der Waals surface area contributed by atoms with Gasteiger partial charge in [0.15, 0.2) is 0 Å². The van der Waals surface area contributed by atoms with E-state index in [1.807, 2.05) is 19.2 Å². The molecule has 0 saturated heterocycles. The number of carbonyl (C=O) groups is 1. The number of pyridine rings is 1. The fraction of sp³-hybridized carbons (Fsp3) is 0.308. The summed E-state index contributed by atoms with van der Waals surface area (Å²) in [7, 11) is 0. The Morgan fingerprint density at radius 1 is 1.42 bits per heavy atom. The van der Waals surface area contributed by atoms with E-state index in [9.17, 15) is 4.79 Å². The molecule has 0 aliphatic rings. The highest BCUT2D eigenvalue weighted by molar-refractivity contribution is 5.89. The molecule has 0 bridgehead atoms. The molecule has 0 aromatic carbocycles. The van der Waals surface area contributed by atoms with Crippen LogP contribution in [-0.4, -0.2) is 22.7 Å². The van der Waals surface area contributed by atoms with Crippen molar-refractivity contribution in [1.82, 2.24) is 15.5 Å². The molecule has 0 spiro atoms. The predicted octanol–water partition coefficient (Wildman–Crippen LogP) is 2.05. The van der Waals surface area contributed by atoms with Crippen LogP contribution in [0.3, 0.4) is 0 Å². The summed E-state index contributed by atoms with van der Waals surface area (Å²) in [4.78, 5) is 15.7. The van der Waals surface area contributed by atoms with Gasteiger partial charge in [0.05, 0.1) is 0 Å². The van der Waals surface area contributed by atoms with Crippen molar-refractivity contribution >= 4 is 11.7 Å². The first-order valence-corrected chi connectivity index (χ1v) is 6.02. The summed E-state index contributed by atoms with van der Waals surface area (Å²) in [6, 6.07) is 1.69. The highest BCUT2D eigenvalue weighted by Gasteiger charge is 2.07. The van der Waals surface area contributed by atoms with E-state index < -0.39 is 0 Å². The van der Waals surface area contributed by atoms with E-state index in [1.54, 1.807) is 13.1 Å². The van der Waals surface area contributed by atoms with Crippen molar-refractivity contribution in [3.8, 4) is 0 Å². The van der Waals surface area contributed by atoms with Crippen molar-refractivity contribution in [2.75, 3.05) is 11.9 Å². The first-order valence-electron chi connectivity index (χ1n) is 6.02. The molecule has 0 aliphatic carbocycles. The van der Waals surface area contributed by atoms with Gasteiger partial charge in [0, 0.05) is 18.9 Å². The molecule has 19 heavy (non-hydrogen) atoms. The van der Waals surface area contributed by atoms with Crippen LogP contribution in [0.15, 0.2) is 29.2 Å². The van der Waals surface area contributed by atoms with Gasteiger partial charge in [-0.3, -0.25) is 4.98 Å². The van der Waals surface area contributed by atoms with Gasteiger partial charge >= 0.3 is 6.03 Å². The fourth-order valence-electron chi connectivity index (χ4n) is 1.67. The van der Waals surface area contributed by atoms with Crippen LogP contribution < -0.4 is 10.6 Å². The van der Waals surface area contributed by atoms with Gasteiger partial charge in [0.2, 0.25) is 0 Å². The van der Waals surface area contributed by atoms with Crippen molar-refractivity contribution in [2.45, 2.75) is 20.3 Å². The molecule has 2 rings (SSSR count). The first-order chi connectivity index (χ1) is 9.16. The average molecular weight is 260 g/mol. The van der Waals surface area contributed by atoms with Gasteiger partial charge in [-0.05, 0) is 37.5 Å². The zero-order valence-corrected chi connectivity index (χ0v) is 10.9. The number of rotatable bonds is 4. The molecular formula is C13H16N4O2. The zero-order chi connectivity index (χ0) is 13.7. The number of amides is 2. The smallest absolute Gasteiger partial charge is 0.319 e. The van der Waals surface area contributed by atoms with Crippen LogP contribution in [0.1, 0.15) is 16.8 Å². The molecular weight excluding hydrogens is 244 g/mol. The van der Waals surface area contributed by atoms with Crippen LogP contribution in [0, 0.1) is 13.8 Å². The monoisotopic (exact) mass is 260 g/mol. The molecule has 0 radical (unpaired) electrons. The van der Waals surface area contributed by atoms with Gasteiger partial charge in [-0.25, -0.2) is 4.79 Å². The largest absolute Gasteiger partial charge is 0.362 e. The topological polar surface area (TPSA) is 80.0 Å². The van der Waals surface area contributed by atoms with Gasteiger partial charge in [-0.1, -0.05) is 5.16 Å². The SMILES string of the molecule is Cc1cnccc1CCNC(=O)Nc1conc1C. The second-order valence-corrected chi connectivity index (χ2v) is 4.25. The van der Waals surface area contributed by atoms with E-state index in [0.29, 0.717) is 17.9 Å². The number of urea groups is 1. The molecule has 2 aromatic rings. The maximum atomic E-state index is 11.6. The van der Waals surface area contributed by atoms with E-state index in [0.717, 1.165) is 12.0 Å². The first kappa shape index (κ1) is 13.1. The van der Waals surface area contributed by atoms with Crippen LogP contribution in [-0.2, 0) is 6.42 Å². The van der Waals surface area contributed by atoms with Crippen LogP contribution in [0.25, 0.3) is 0 Å². The summed E-state index contributed by atoms with van der Waals surface area (Å²) in [6.45, 7) is 4.32. The zero-order valence-electron chi connectivity index (χ0n) is 10.9. The summed E-state index contributed by atoms with van der Waals surface area (Å²) >= 11 is 0. The third kappa shape index (κ3) is 3.54. The number of nitrogens with zero attached hydrogens (tertiary/aromatic N) is 2. The molecule has 2 amide bonds. The Morgan fingerprint density at radius 3 is 2.95 bits per heavy atom. The number of anilines is 1. The Kier molecular flexibility index (Phi) is 4.12. The second-order valence-electron chi connectivity index (χ2n) is 4.25. The number of aryl methyl sites for hydroxylation is 2. The Morgan fingerprint density at radius 2 is 2.26 bits per heavy atom. The van der Waals surface area contributed by atoms with Crippen LogP contribution >= 0.6 is 0 Å². The van der Waals surface area contributed by atoms with Gasteiger partial charge < -0.3 is 15.2 Å². The predicted molar refractivity (Wildman–Crippen MR) is 70.9 cm³/mol. The van der Waals surface area contributed by atoms with Crippen LogP contribution in [0.2, 0.25) is 0 Å². The molecule has 2 aromatic heterocycles. The van der Waals surface area contributed by atoms with E-state index in [4.69, 9.17) is 4.52 Å². The van der Waals surface area contributed by atoms with Crippen molar-refractivity contribution in [3.05, 3.63) is 41.5 Å². The highest BCUT2D eigenvalue weighted by atomic mass is 16.5. The minimum atomic E-state index is -0.266. The Labute approximate surface area is 111 Å². The molecule has 0 unspecified atom stereocenters. The Balaban J connectivity index is 1.79. The van der Waals surface area contributed by atoms with Gasteiger partial charge in [0.1, 0.15) is 17.6 Å². The quantitative estimate of drug-likeness (QED) is 0.881. The molecule has 6 heteroatoms. The van der Waals surface area contributed by atoms with Gasteiger partial charge in [-0.15, -0.1) is 0 Å². The molecule has 0 saturated carbocycles.